The third kappa shape index (κ3) is 2.62. The second-order valence-electron chi connectivity index (χ2n) is 6.42. The maximum atomic E-state index is 6.11. The SMILES string of the molecule is Cc1ccc(C(CN)N2CCN3CCCC3C2)cc1C. The van der Waals surface area contributed by atoms with Gasteiger partial charge in [0.05, 0.1) is 0 Å². The van der Waals surface area contributed by atoms with Crippen LogP contribution in [0.4, 0.5) is 0 Å². The van der Waals surface area contributed by atoms with E-state index in [4.69, 9.17) is 5.73 Å². The number of benzene rings is 1. The summed E-state index contributed by atoms with van der Waals surface area (Å²) in [7, 11) is 0. The van der Waals surface area contributed by atoms with E-state index in [1.165, 1.54) is 49.2 Å². The second kappa shape index (κ2) is 5.84. The highest BCUT2D eigenvalue weighted by Crippen LogP contribution is 2.28. The van der Waals surface area contributed by atoms with Crippen LogP contribution >= 0.6 is 0 Å². The summed E-state index contributed by atoms with van der Waals surface area (Å²) in [5.41, 5.74) is 10.2. The van der Waals surface area contributed by atoms with E-state index in [0.29, 0.717) is 6.04 Å². The van der Waals surface area contributed by atoms with Crippen LogP contribution in [0.15, 0.2) is 18.2 Å². The third-order valence-corrected chi connectivity index (χ3v) is 5.20. The lowest BCUT2D eigenvalue weighted by Gasteiger charge is -2.41. The molecule has 1 aromatic carbocycles. The lowest BCUT2D eigenvalue weighted by Crippen LogP contribution is -2.52. The van der Waals surface area contributed by atoms with Gasteiger partial charge in [-0.15, -0.1) is 0 Å². The minimum Gasteiger partial charge on any atom is -0.329 e. The van der Waals surface area contributed by atoms with E-state index in [1.54, 1.807) is 0 Å². The van der Waals surface area contributed by atoms with Gasteiger partial charge in [-0.1, -0.05) is 18.2 Å². The summed E-state index contributed by atoms with van der Waals surface area (Å²) >= 11 is 0. The zero-order valence-electron chi connectivity index (χ0n) is 12.8. The summed E-state index contributed by atoms with van der Waals surface area (Å²) < 4.78 is 0. The number of hydrogen-bond donors (Lipinski definition) is 1. The molecule has 2 fully saturated rings. The Labute approximate surface area is 122 Å². The number of fused-ring (bicyclic) bond motifs is 1. The highest BCUT2D eigenvalue weighted by Gasteiger charge is 2.33. The molecule has 0 aromatic heterocycles. The van der Waals surface area contributed by atoms with Gasteiger partial charge in [-0.25, -0.2) is 0 Å². The fraction of sp³-hybridized carbons (Fsp3) is 0.647. The zero-order chi connectivity index (χ0) is 14.1. The Hall–Kier alpha value is -0.900. The molecule has 2 unspecified atom stereocenters. The number of nitrogens with two attached hydrogens (primary N) is 1. The van der Waals surface area contributed by atoms with E-state index in [9.17, 15) is 0 Å². The monoisotopic (exact) mass is 273 g/mol. The van der Waals surface area contributed by atoms with Crippen LogP contribution in [0.1, 0.15) is 35.6 Å². The minimum atomic E-state index is 0.386. The van der Waals surface area contributed by atoms with Crippen LogP contribution in [0.5, 0.6) is 0 Å². The zero-order valence-corrected chi connectivity index (χ0v) is 12.8. The molecule has 2 saturated heterocycles. The molecule has 3 heteroatoms. The molecule has 2 N–H and O–H groups in total. The standard InChI is InChI=1S/C17H27N3/c1-13-5-6-15(10-14(13)2)17(11-18)20-9-8-19-7-3-4-16(19)12-20/h5-6,10,16-17H,3-4,7-9,11-12,18H2,1-2H3. The van der Waals surface area contributed by atoms with Crippen LogP contribution in [0.3, 0.4) is 0 Å². The first-order chi connectivity index (χ1) is 9.69. The molecule has 3 nitrogen and oxygen atoms in total. The van der Waals surface area contributed by atoms with Gasteiger partial charge in [-0.3, -0.25) is 9.80 Å². The van der Waals surface area contributed by atoms with Crippen molar-refractivity contribution in [2.45, 2.75) is 38.8 Å². The highest BCUT2D eigenvalue weighted by molar-refractivity contribution is 5.32. The fourth-order valence-electron chi connectivity index (χ4n) is 3.77. The van der Waals surface area contributed by atoms with E-state index < -0.39 is 0 Å². The number of aryl methyl sites for hydroxylation is 2. The second-order valence-corrected chi connectivity index (χ2v) is 6.42. The smallest absolute Gasteiger partial charge is 0.0471 e. The summed E-state index contributed by atoms with van der Waals surface area (Å²) in [5.74, 6) is 0. The maximum Gasteiger partial charge on any atom is 0.0471 e. The van der Waals surface area contributed by atoms with Crippen molar-refractivity contribution in [1.29, 1.82) is 0 Å². The molecule has 1 aromatic rings. The molecule has 3 rings (SSSR count). The van der Waals surface area contributed by atoms with Crippen molar-refractivity contribution < 1.29 is 0 Å². The van der Waals surface area contributed by atoms with Gasteiger partial charge < -0.3 is 5.73 Å². The van der Waals surface area contributed by atoms with Gasteiger partial charge in [0.25, 0.3) is 0 Å². The number of hydrogen-bond acceptors (Lipinski definition) is 3. The summed E-state index contributed by atoms with van der Waals surface area (Å²) in [5, 5.41) is 0. The molecular formula is C17H27N3. The average Bonchev–Trinajstić information content (AvgIpc) is 2.91. The fourth-order valence-corrected chi connectivity index (χ4v) is 3.77. The van der Waals surface area contributed by atoms with Crippen LogP contribution in [0, 0.1) is 13.8 Å². The van der Waals surface area contributed by atoms with Crippen molar-refractivity contribution in [3.8, 4) is 0 Å². The van der Waals surface area contributed by atoms with Crippen molar-refractivity contribution in [3.05, 3.63) is 34.9 Å². The van der Waals surface area contributed by atoms with E-state index >= 15 is 0 Å². The Balaban J connectivity index is 1.77. The summed E-state index contributed by atoms with van der Waals surface area (Å²) in [6.45, 7) is 9.95. The third-order valence-electron chi connectivity index (χ3n) is 5.20. The van der Waals surface area contributed by atoms with Crippen molar-refractivity contribution in [2.75, 3.05) is 32.7 Å². The molecule has 0 radical (unpaired) electrons. The molecule has 2 heterocycles. The average molecular weight is 273 g/mol. The Morgan fingerprint density at radius 2 is 2.05 bits per heavy atom. The van der Waals surface area contributed by atoms with Gasteiger partial charge in [-0.05, 0) is 49.9 Å². The number of rotatable bonds is 3. The molecule has 0 bridgehead atoms. The van der Waals surface area contributed by atoms with Crippen LogP contribution in [-0.2, 0) is 0 Å². The molecule has 2 atom stereocenters. The molecule has 20 heavy (non-hydrogen) atoms. The van der Waals surface area contributed by atoms with Crippen LogP contribution in [0.25, 0.3) is 0 Å². The quantitative estimate of drug-likeness (QED) is 0.915. The van der Waals surface area contributed by atoms with Gasteiger partial charge in [-0.2, -0.15) is 0 Å². The lowest BCUT2D eigenvalue weighted by molar-refractivity contribution is 0.0737. The van der Waals surface area contributed by atoms with Crippen molar-refractivity contribution in [1.82, 2.24) is 9.80 Å². The molecule has 0 saturated carbocycles. The van der Waals surface area contributed by atoms with Gasteiger partial charge >= 0.3 is 0 Å². The number of nitrogens with zero attached hydrogens (tertiary/aromatic N) is 2. The van der Waals surface area contributed by atoms with E-state index in [-0.39, 0.29) is 0 Å². The first-order valence-corrected chi connectivity index (χ1v) is 7.94. The normalized spacial score (nSPS) is 25.6. The maximum absolute atomic E-state index is 6.11. The van der Waals surface area contributed by atoms with E-state index in [1.807, 2.05) is 0 Å². The molecular weight excluding hydrogens is 246 g/mol. The van der Waals surface area contributed by atoms with Gasteiger partial charge in [0.15, 0.2) is 0 Å². The summed E-state index contributed by atoms with van der Waals surface area (Å²) in [6.07, 6.45) is 2.73. The predicted octanol–water partition coefficient (Wildman–Crippen LogP) is 2.08. The van der Waals surface area contributed by atoms with Crippen LogP contribution in [0.2, 0.25) is 0 Å². The van der Waals surface area contributed by atoms with Gasteiger partial charge in [0, 0.05) is 38.3 Å². The highest BCUT2D eigenvalue weighted by atomic mass is 15.3. The predicted molar refractivity (Wildman–Crippen MR) is 83.9 cm³/mol. The molecule has 0 amide bonds. The Bertz CT molecular complexity index is 471. The summed E-state index contributed by atoms with van der Waals surface area (Å²) in [6, 6.07) is 7.98. The van der Waals surface area contributed by atoms with E-state index in [0.717, 1.165) is 19.1 Å². The topological polar surface area (TPSA) is 32.5 Å². The first kappa shape index (κ1) is 14.1. The summed E-state index contributed by atoms with van der Waals surface area (Å²) in [4.78, 5) is 5.26. The van der Waals surface area contributed by atoms with Crippen LogP contribution in [-0.4, -0.2) is 48.6 Å². The van der Waals surface area contributed by atoms with Crippen molar-refractivity contribution in [3.63, 3.8) is 0 Å². The minimum absolute atomic E-state index is 0.386. The van der Waals surface area contributed by atoms with Crippen molar-refractivity contribution >= 4 is 0 Å². The lowest BCUT2D eigenvalue weighted by atomic mass is 9.98. The van der Waals surface area contributed by atoms with Crippen LogP contribution < -0.4 is 5.73 Å². The molecule has 0 aliphatic carbocycles. The molecule has 0 spiro atoms. The molecule has 110 valence electrons. The largest absolute Gasteiger partial charge is 0.329 e. The van der Waals surface area contributed by atoms with Gasteiger partial charge in [0.1, 0.15) is 0 Å². The Kier molecular flexibility index (Phi) is 4.11. The molecule has 2 aliphatic rings. The van der Waals surface area contributed by atoms with E-state index in [2.05, 4.69) is 41.8 Å². The first-order valence-electron chi connectivity index (χ1n) is 7.94. The van der Waals surface area contributed by atoms with Crippen molar-refractivity contribution in [2.24, 2.45) is 5.73 Å². The molecule has 2 aliphatic heterocycles. The Morgan fingerprint density at radius 1 is 1.20 bits per heavy atom. The van der Waals surface area contributed by atoms with Gasteiger partial charge in [0.2, 0.25) is 0 Å². The number of piperazine rings is 1. The Morgan fingerprint density at radius 3 is 2.80 bits per heavy atom.